The van der Waals surface area contributed by atoms with Gasteiger partial charge in [0.1, 0.15) is 24.3 Å². The SMILES string of the molecule is c1cc(N2CCOC(Cn3cncn3)C2)nc(C2CC2)n1. The van der Waals surface area contributed by atoms with Gasteiger partial charge in [0.2, 0.25) is 0 Å². The molecule has 0 spiro atoms. The molecule has 7 nitrogen and oxygen atoms in total. The van der Waals surface area contributed by atoms with E-state index >= 15 is 0 Å². The first-order valence-corrected chi connectivity index (χ1v) is 7.40. The molecule has 0 radical (unpaired) electrons. The third-order valence-corrected chi connectivity index (χ3v) is 3.92. The molecule has 0 amide bonds. The van der Waals surface area contributed by atoms with Crippen molar-refractivity contribution >= 4 is 5.82 Å². The molecule has 0 N–H and O–H groups in total. The molecule has 1 aliphatic heterocycles. The van der Waals surface area contributed by atoms with Gasteiger partial charge in [0.15, 0.2) is 0 Å². The second-order valence-corrected chi connectivity index (χ2v) is 5.60. The molecule has 1 saturated carbocycles. The largest absolute Gasteiger partial charge is 0.373 e. The highest BCUT2D eigenvalue weighted by atomic mass is 16.5. The molecule has 1 atom stereocenters. The van der Waals surface area contributed by atoms with Gasteiger partial charge in [-0.05, 0) is 18.9 Å². The molecule has 110 valence electrons. The normalized spacial score (nSPS) is 22.5. The van der Waals surface area contributed by atoms with E-state index in [1.54, 1.807) is 12.7 Å². The molecule has 2 aliphatic rings. The summed E-state index contributed by atoms with van der Waals surface area (Å²) < 4.78 is 7.63. The van der Waals surface area contributed by atoms with E-state index in [2.05, 4.69) is 20.0 Å². The minimum Gasteiger partial charge on any atom is -0.373 e. The Balaban J connectivity index is 1.46. The molecule has 7 heteroatoms. The first-order valence-electron chi connectivity index (χ1n) is 7.40. The number of rotatable bonds is 4. The van der Waals surface area contributed by atoms with E-state index in [0.717, 1.165) is 31.3 Å². The molecule has 21 heavy (non-hydrogen) atoms. The van der Waals surface area contributed by atoms with Crippen molar-refractivity contribution in [3.8, 4) is 0 Å². The zero-order valence-electron chi connectivity index (χ0n) is 11.8. The minimum absolute atomic E-state index is 0.111. The highest BCUT2D eigenvalue weighted by Crippen LogP contribution is 2.38. The Morgan fingerprint density at radius 1 is 1.33 bits per heavy atom. The molecule has 0 bridgehead atoms. The lowest BCUT2D eigenvalue weighted by Crippen LogP contribution is -2.44. The summed E-state index contributed by atoms with van der Waals surface area (Å²) in [7, 11) is 0. The van der Waals surface area contributed by atoms with E-state index in [4.69, 9.17) is 9.72 Å². The van der Waals surface area contributed by atoms with E-state index in [1.807, 2.05) is 16.9 Å². The van der Waals surface area contributed by atoms with Crippen LogP contribution in [0, 0.1) is 0 Å². The van der Waals surface area contributed by atoms with Crippen molar-refractivity contribution in [1.29, 1.82) is 0 Å². The van der Waals surface area contributed by atoms with Crippen LogP contribution in [-0.4, -0.2) is 50.5 Å². The zero-order valence-corrected chi connectivity index (χ0v) is 11.8. The van der Waals surface area contributed by atoms with Gasteiger partial charge in [-0.2, -0.15) is 5.10 Å². The summed E-state index contributed by atoms with van der Waals surface area (Å²) in [5.41, 5.74) is 0. The van der Waals surface area contributed by atoms with Crippen LogP contribution in [0.1, 0.15) is 24.6 Å². The van der Waals surface area contributed by atoms with Crippen molar-refractivity contribution in [1.82, 2.24) is 24.7 Å². The number of nitrogens with zero attached hydrogens (tertiary/aromatic N) is 6. The Bertz CT molecular complexity index is 597. The average Bonchev–Trinajstić information content (AvgIpc) is 3.26. The van der Waals surface area contributed by atoms with E-state index in [9.17, 15) is 0 Å². The first kappa shape index (κ1) is 12.7. The van der Waals surface area contributed by atoms with Crippen LogP contribution >= 0.6 is 0 Å². The van der Waals surface area contributed by atoms with Crippen LogP contribution in [0.15, 0.2) is 24.9 Å². The van der Waals surface area contributed by atoms with Crippen molar-refractivity contribution in [2.75, 3.05) is 24.6 Å². The fourth-order valence-corrected chi connectivity index (χ4v) is 2.65. The second-order valence-electron chi connectivity index (χ2n) is 5.60. The van der Waals surface area contributed by atoms with Gasteiger partial charge < -0.3 is 9.64 Å². The summed E-state index contributed by atoms with van der Waals surface area (Å²) >= 11 is 0. The van der Waals surface area contributed by atoms with Crippen LogP contribution in [0.2, 0.25) is 0 Å². The molecule has 0 aromatic carbocycles. The van der Waals surface area contributed by atoms with Gasteiger partial charge in [0.25, 0.3) is 0 Å². The summed E-state index contributed by atoms with van der Waals surface area (Å²) in [5.74, 6) is 2.59. The van der Waals surface area contributed by atoms with Crippen LogP contribution in [0.5, 0.6) is 0 Å². The minimum atomic E-state index is 0.111. The van der Waals surface area contributed by atoms with Crippen LogP contribution in [0.25, 0.3) is 0 Å². The average molecular weight is 286 g/mol. The van der Waals surface area contributed by atoms with E-state index in [-0.39, 0.29) is 6.10 Å². The second kappa shape index (κ2) is 5.40. The highest BCUT2D eigenvalue weighted by Gasteiger charge is 2.28. The molecular formula is C14H18N6O. The van der Waals surface area contributed by atoms with Crippen molar-refractivity contribution in [3.63, 3.8) is 0 Å². The Morgan fingerprint density at radius 2 is 2.29 bits per heavy atom. The maximum Gasteiger partial charge on any atom is 0.137 e. The Labute approximate surface area is 123 Å². The number of hydrogen-bond acceptors (Lipinski definition) is 6. The third-order valence-electron chi connectivity index (χ3n) is 3.92. The van der Waals surface area contributed by atoms with Gasteiger partial charge >= 0.3 is 0 Å². The Morgan fingerprint density at radius 3 is 3.10 bits per heavy atom. The molecular weight excluding hydrogens is 268 g/mol. The van der Waals surface area contributed by atoms with Gasteiger partial charge in [-0.1, -0.05) is 0 Å². The summed E-state index contributed by atoms with van der Waals surface area (Å²) in [6.45, 7) is 3.12. The summed E-state index contributed by atoms with van der Waals surface area (Å²) in [6, 6.07) is 1.99. The number of anilines is 1. The topological polar surface area (TPSA) is 69.0 Å². The molecule has 3 heterocycles. The fraction of sp³-hybridized carbons (Fsp3) is 0.571. The van der Waals surface area contributed by atoms with Gasteiger partial charge in [-0.15, -0.1) is 0 Å². The van der Waals surface area contributed by atoms with Crippen molar-refractivity contribution in [2.45, 2.75) is 31.4 Å². The maximum atomic E-state index is 5.82. The zero-order chi connectivity index (χ0) is 14.1. The molecule has 2 fully saturated rings. The lowest BCUT2D eigenvalue weighted by atomic mass is 10.2. The lowest BCUT2D eigenvalue weighted by Gasteiger charge is -2.33. The molecule has 2 aromatic heterocycles. The molecule has 2 aromatic rings. The summed E-state index contributed by atoms with van der Waals surface area (Å²) in [4.78, 5) is 15.3. The van der Waals surface area contributed by atoms with E-state index < -0.39 is 0 Å². The van der Waals surface area contributed by atoms with Crippen molar-refractivity contribution < 1.29 is 4.74 Å². The smallest absolute Gasteiger partial charge is 0.137 e. The number of morpholine rings is 1. The van der Waals surface area contributed by atoms with Crippen molar-refractivity contribution in [2.24, 2.45) is 0 Å². The first-order chi connectivity index (χ1) is 10.4. The summed E-state index contributed by atoms with van der Waals surface area (Å²) in [5, 5.41) is 4.14. The fourth-order valence-electron chi connectivity index (χ4n) is 2.65. The van der Waals surface area contributed by atoms with Crippen LogP contribution in [0.3, 0.4) is 0 Å². The Hall–Kier alpha value is -2.02. The van der Waals surface area contributed by atoms with Gasteiger partial charge in [-0.25, -0.2) is 15.0 Å². The van der Waals surface area contributed by atoms with Gasteiger partial charge in [-0.3, -0.25) is 4.68 Å². The van der Waals surface area contributed by atoms with Gasteiger partial charge in [0, 0.05) is 25.2 Å². The molecule has 4 rings (SSSR count). The number of aromatic nitrogens is 5. The maximum absolute atomic E-state index is 5.82. The molecule has 1 unspecified atom stereocenters. The van der Waals surface area contributed by atoms with E-state index in [0.29, 0.717) is 12.5 Å². The third kappa shape index (κ3) is 2.87. The van der Waals surface area contributed by atoms with Gasteiger partial charge in [0.05, 0.1) is 19.3 Å². The standard InChI is InChI=1S/C14H18N6O/c1-2-11(1)14-16-4-3-13(18-14)19-5-6-21-12(7-19)8-20-10-15-9-17-20/h3-4,9-12H,1-2,5-8H2. The highest BCUT2D eigenvalue weighted by molar-refractivity contribution is 5.38. The molecule has 1 saturated heterocycles. The van der Waals surface area contributed by atoms with Crippen LogP contribution in [0.4, 0.5) is 5.82 Å². The Kier molecular flexibility index (Phi) is 3.27. The quantitative estimate of drug-likeness (QED) is 0.830. The van der Waals surface area contributed by atoms with E-state index in [1.165, 1.54) is 12.8 Å². The number of ether oxygens (including phenoxy) is 1. The predicted molar refractivity (Wildman–Crippen MR) is 76.0 cm³/mol. The molecule has 1 aliphatic carbocycles. The number of hydrogen-bond donors (Lipinski definition) is 0. The lowest BCUT2D eigenvalue weighted by molar-refractivity contribution is 0.0271. The summed E-state index contributed by atoms with van der Waals surface area (Å²) in [6.07, 6.45) is 7.70. The van der Waals surface area contributed by atoms with Crippen LogP contribution < -0.4 is 4.90 Å². The van der Waals surface area contributed by atoms with Crippen LogP contribution in [-0.2, 0) is 11.3 Å². The van der Waals surface area contributed by atoms with Crippen molar-refractivity contribution in [3.05, 3.63) is 30.7 Å². The predicted octanol–water partition coefficient (Wildman–Crippen LogP) is 0.851. The monoisotopic (exact) mass is 286 g/mol.